The van der Waals surface area contributed by atoms with Crippen molar-refractivity contribution in [3.8, 4) is 0 Å². The molecule has 5 nitrogen and oxygen atoms in total. The van der Waals surface area contributed by atoms with Crippen molar-refractivity contribution in [2.45, 2.75) is 50.4 Å². The number of carbonyl (C=O) groups excluding carboxylic acids is 1. The largest absolute Gasteiger partial charge is 0.410 e. The van der Waals surface area contributed by atoms with E-state index >= 15 is 0 Å². The molecule has 0 unspecified atom stereocenters. The zero-order valence-electron chi connectivity index (χ0n) is 15.8. The Balaban J connectivity index is 1.69. The van der Waals surface area contributed by atoms with Gasteiger partial charge in [-0.1, -0.05) is 40.9 Å². The van der Waals surface area contributed by atoms with Crippen molar-refractivity contribution in [2.75, 3.05) is 18.4 Å². The van der Waals surface area contributed by atoms with E-state index in [2.05, 4.69) is 26.3 Å². The molecule has 2 atom stereocenters. The topological polar surface area (TPSA) is 50.2 Å². The first kappa shape index (κ1) is 20.3. The van der Waals surface area contributed by atoms with Crippen LogP contribution in [0.1, 0.15) is 60.1 Å². The minimum absolute atomic E-state index is 0.153. The Hall–Kier alpha value is -2.03. The van der Waals surface area contributed by atoms with Crippen molar-refractivity contribution >= 4 is 27.7 Å². The van der Waals surface area contributed by atoms with Crippen LogP contribution in [0.15, 0.2) is 34.9 Å². The molecule has 3 heterocycles. The number of rotatable bonds is 2. The lowest BCUT2D eigenvalue weighted by molar-refractivity contribution is -0.173. The maximum Gasteiger partial charge on any atom is 0.410 e. The van der Waals surface area contributed by atoms with E-state index in [0.29, 0.717) is 13.1 Å². The summed E-state index contributed by atoms with van der Waals surface area (Å²) < 4.78 is 43.2. The Morgan fingerprint density at radius 3 is 2.38 bits per heavy atom. The highest BCUT2D eigenvalue weighted by molar-refractivity contribution is 9.10. The molecule has 0 saturated carbocycles. The third kappa shape index (κ3) is 4.15. The maximum absolute atomic E-state index is 13.8. The monoisotopic (exact) mass is 470 g/mol. The first-order valence-electron chi connectivity index (χ1n) is 9.80. The van der Waals surface area contributed by atoms with Crippen LogP contribution in [0.5, 0.6) is 0 Å². The van der Waals surface area contributed by atoms with Crippen molar-refractivity contribution in [1.82, 2.24) is 14.7 Å². The number of nitrogens with one attached hydrogen (secondary N) is 1. The second-order valence-electron chi connectivity index (χ2n) is 7.60. The lowest BCUT2D eigenvalue weighted by Crippen LogP contribution is -2.37. The molecule has 0 bridgehead atoms. The average Bonchev–Trinajstić information content (AvgIpc) is 2.92. The van der Waals surface area contributed by atoms with Crippen LogP contribution in [-0.4, -0.2) is 39.9 Å². The number of halogens is 4. The molecular formula is C20H22BrF3N4O. The number of hydrogen-bond donors (Lipinski definition) is 1. The van der Waals surface area contributed by atoms with Gasteiger partial charge in [0.2, 0.25) is 0 Å². The molecule has 1 N–H and O–H groups in total. The fourth-order valence-corrected chi connectivity index (χ4v) is 4.34. The maximum atomic E-state index is 13.8. The number of fused-ring (bicyclic) bond motifs is 1. The lowest BCUT2D eigenvalue weighted by atomic mass is 9.96. The highest BCUT2D eigenvalue weighted by atomic mass is 79.9. The van der Waals surface area contributed by atoms with Gasteiger partial charge in [0, 0.05) is 24.0 Å². The number of carbonyl (C=O) groups is 1. The van der Waals surface area contributed by atoms with E-state index in [1.807, 2.05) is 0 Å². The van der Waals surface area contributed by atoms with Gasteiger partial charge < -0.3 is 10.2 Å². The van der Waals surface area contributed by atoms with Gasteiger partial charge in [-0.2, -0.15) is 18.3 Å². The quantitative estimate of drug-likeness (QED) is 0.645. The molecule has 2 aromatic rings. The molecule has 2 aliphatic heterocycles. The number of benzene rings is 1. The third-order valence-corrected chi connectivity index (χ3v) is 6.16. The summed E-state index contributed by atoms with van der Waals surface area (Å²) in [4.78, 5) is 14.8. The minimum atomic E-state index is -4.46. The van der Waals surface area contributed by atoms with E-state index < -0.39 is 18.3 Å². The summed E-state index contributed by atoms with van der Waals surface area (Å²) in [5.74, 6) is -0.0984. The zero-order chi connectivity index (χ0) is 20.6. The molecule has 156 valence electrons. The molecule has 1 amide bonds. The van der Waals surface area contributed by atoms with Crippen molar-refractivity contribution in [2.24, 2.45) is 0 Å². The number of hydrogen-bond acceptors (Lipinski definition) is 3. The number of aromatic nitrogens is 2. The van der Waals surface area contributed by atoms with Crippen LogP contribution in [0.2, 0.25) is 0 Å². The zero-order valence-corrected chi connectivity index (χ0v) is 17.3. The van der Waals surface area contributed by atoms with Crippen molar-refractivity contribution < 1.29 is 18.0 Å². The highest BCUT2D eigenvalue weighted by Crippen LogP contribution is 2.44. The summed E-state index contributed by atoms with van der Waals surface area (Å²) in [5, 5.41) is 7.12. The van der Waals surface area contributed by atoms with Gasteiger partial charge in [0.1, 0.15) is 11.4 Å². The smallest absolute Gasteiger partial charge is 0.363 e. The molecule has 1 aromatic carbocycles. The van der Waals surface area contributed by atoms with Gasteiger partial charge in [-0.3, -0.25) is 4.79 Å². The molecule has 0 spiro atoms. The van der Waals surface area contributed by atoms with Gasteiger partial charge in [0.25, 0.3) is 5.91 Å². The van der Waals surface area contributed by atoms with E-state index in [4.69, 9.17) is 0 Å². The summed E-state index contributed by atoms with van der Waals surface area (Å²) in [6.45, 7) is 1.25. The Morgan fingerprint density at radius 1 is 1.10 bits per heavy atom. The fraction of sp³-hybridized carbons (Fsp3) is 0.500. The lowest BCUT2D eigenvalue weighted by Gasteiger charge is -2.34. The van der Waals surface area contributed by atoms with Gasteiger partial charge in [-0.25, -0.2) is 4.68 Å². The van der Waals surface area contributed by atoms with Crippen LogP contribution in [0.4, 0.5) is 19.0 Å². The molecule has 2 aliphatic rings. The molecule has 1 aromatic heterocycles. The fourth-order valence-electron chi connectivity index (χ4n) is 4.08. The first-order valence-corrected chi connectivity index (χ1v) is 10.6. The van der Waals surface area contributed by atoms with E-state index in [1.165, 1.54) is 6.20 Å². The number of alkyl halides is 3. The molecule has 1 saturated heterocycles. The molecule has 1 fully saturated rings. The number of nitrogens with zero attached hydrogens (tertiary/aromatic N) is 3. The standard InChI is InChI=1S/C20H22BrF3N4O/c21-14-7-5-13(6-8-14)16-11-17(20(22,23)24)28-18(26-16)15(12-25-28)19(29)27-9-3-1-2-4-10-27/h5-8,12,16-17,26H,1-4,9-11H2/t16-,17-/m0/s1. The number of anilines is 1. The molecule has 29 heavy (non-hydrogen) atoms. The van der Waals surface area contributed by atoms with Crippen molar-refractivity contribution in [3.63, 3.8) is 0 Å². The second kappa shape index (κ2) is 8.01. The molecule has 4 rings (SSSR count). The van der Waals surface area contributed by atoms with Crippen LogP contribution in [0.25, 0.3) is 0 Å². The molecule has 0 radical (unpaired) electrons. The van der Waals surface area contributed by atoms with Crippen LogP contribution in [0.3, 0.4) is 0 Å². The van der Waals surface area contributed by atoms with Gasteiger partial charge >= 0.3 is 6.18 Å². The Kier molecular flexibility index (Phi) is 5.59. The first-order chi connectivity index (χ1) is 13.8. The summed E-state index contributed by atoms with van der Waals surface area (Å²) in [6.07, 6.45) is 0.589. The van der Waals surface area contributed by atoms with Crippen LogP contribution in [0, 0.1) is 0 Å². The van der Waals surface area contributed by atoms with Crippen LogP contribution in [-0.2, 0) is 0 Å². The van der Waals surface area contributed by atoms with Crippen LogP contribution < -0.4 is 5.32 Å². The summed E-state index contributed by atoms with van der Waals surface area (Å²) >= 11 is 3.35. The Morgan fingerprint density at radius 2 is 1.76 bits per heavy atom. The molecule has 9 heteroatoms. The van der Waals surface area contributed by atoms with Gasteiger partial charge in [0.15, 0.2) is 6.04 Å². The van der Waals surface area contributed by atoms with E-state index in [9.17, 15) is 18.0 Å². The number of likely N-dealkylation sites (tertiary alicyclic amines) is 1. The summed E-state index contributed by atoms with van der Waals surface area (Å²) in [7, 11) is 0. The molecular weight excluding hydrogens is 449 g/mol. The van der Waals surface area contributed by atoms with Crippen molar-refractivity contribution in [1.29, 1.82) is 0 Å². The SMILES string of the molecule is O=C(c1cnn2c1N[C@H](c1ccc(Br)cc1)C[C@H]2C(F)(F)F)N1CCCCCC1. The Labute approximate surface area is 175 Å². The normalized spacial score (nSPS) is 22.6. The number of amides is 1. The van der Waals surface area contributed by atoms with E-state index in [-0.39, 0.29) is 23.7 Å². The average molecular weight is 471 g/mol. The third-order valence-electron chi connectivity index (χ3n) is 5.63. The molecule has 0 aliphatic carbocycles. The minimum Gasteiger partial charge on any atom is -0.363 e. The van der Waals surface area contributed by atoms with E-state index in [1.54, 1.807) is 29.2 Å². The summed E-state index contributed by atoms with van der Waals surface area (Å²) in [6, 6.07) is 4.84. The predicted molar refractivity (Wildman–Crippen MR) is 107 cm³/mol. The Bertz CT molecular complexity index is 873. The van der Waals surface area contributed by atoms with Gasteiger partial charge in [-0.05, 0) is 30.5 Å². The van der Waals surface area contributed by atoms with E-state index in [0.717, 1.165) is 40.4 Å². The second-order valence-corrected chi connectivity index (χ2v) is 8.52. The van der Waals surface area contributed by atoms with Crippen LogP contribution >= 0.6 is 15.9 Å². The van der Waals surface area contributed by atoms with Crippen molar-refractivity contribution in [3.05, 3.63) is 46.1 Å². The predicted octanol–water partition coefficient (Wildman–Crippen LogP) is 5.32. The summed E-state index contributed by atoms with van der Waals surface area (Å²) in [5.41, 5.74) is 0.950. The van der Waals surface area contributed by atoms with Gasteiger partial charge in [-0.15, -0.1) is 0 Å². The highest BCUT2D eigenvalue weighted by Gasteiger charge is 2.47. The van der Waals surface area contributed by atoms with Gasteiger partial charge in [0.05, 0.1) is 12.2 Å².